The van der Waals surface area contributed by atoms with E-state index in [-0.39, 0.29) is 6.61 Å². The molecule has 0 atom stereocenters. The van der Waals surface area contributed by atoms with Crippen molar-refractivity contribution in [1.82, 2.24) is 10.1 Å². The van der Waals surface area contributed by atoms with E-state index in [9.17, 15) is 14.0 Å². The fraction of sp³-hybridized carbons (Fsp3) is 0.250. The van der Waals surface area contributed by atoms with Crippen molar-refractivity contribution >= 4 is 17.3 Å². The highest BCUT2D eigenvalue weighted by atomic mass is 19.1. The van der Waals surface area contributed by atoms with Gasteiger partial charge < -0.3 is 19.7 Å². The molecule has 0 aliphatic carbocycles. The number of carbonyl (C=O) groups excluding carboxylic acids is 1. The number of anilines is 2. The van der Waals surface area contributed by atoms with Crippen molar-refractivity contribution in [3.05, 3.63) is 58.8 Å². The van der Waals surface area contributed by atoms with Gasteiger partial charge in [0.1, 0.15) is 11.6 Å². The average molecular weight is 414 g/mol. The van der Waals surface area contributed by atoms with Crippen molar-refractivity contribution < 1.29 is 23.2 Å². The van der Waals surface area contributed by atoms with Crippen LogP contribution in [0, 0.1) is 5.82 Å². The molecule has 1 amide bonds. The van der Waals surface area contributed by atoms with E-state index in [0.29, 0.717) is 54.8 Å². The quantitative estimate of drug-likeness (QED) is 0.635. The second kappa shape index (κ2) is 8.78. The number of rotatable bonds is 6. The molecule has 1 aliphatic heterocycles. The zero-order chi connectivity index (χ0) is 20.9. The molecule has 30 heavy (non-hydrogen) atoms. The maximum absolute atomic E-state index is 14.4. The Bertz CT molecular complexity index is 1070. The number of morpholine rings is 1. The number of benzene rings is 2. The van der Waals surface area contributed by atoms with Crippen molar-refractivity contribution in [2.45, 2.75) is 0 Å². The van der Waals surface area contributed by atoms with E-state index in [1.165, 1.54) is 6.07 Å². The molecular formula is C20H19FN4O5. The Labute approximate surface area is 170 Å². The zero-order valence-electron chi connectivity index (χ0n) is 15.9. The fourth-order valence-electron chi connectivity index (χ4n) is 3.05. The van der Waals surface area contributed by atoms with Crippen LogP contribution in [-0.4, -0.2) is 49.0 Å². The number of carbonyl (C=O) groups is 1. The van der Waals surface area contributed by atoms with Gasteiger partial charge in [0.25, 0.3) is 5.91 Å². The summed E-state index contributed by atoms with van der Waals surface area (Å²) in [6.45, 7) is 2.14. The second-order valence-electron chi connectivity index (χ2n) is 6.57. The van der Waals surface area contributed by atoms with Gasteiger partial charge in [0.15, 0.2) is 12.4 Å². The maximum atomic E-state index is 14.4. The Morgan fingerprint density at radius 1 is 1.20 bits per heavy atom. The Morgan fingerprint density at radius 3 is 2.63 bits per heavy atom. The van der Waals surface area contributed by atoms with Gasteiger partial charge in [-0.05, 0) is 42.5 Å². The van der Waals surface area contributed by atoms with Crippen LogP contribution in [0.25, 0.3) is 11.4 Å². The first-order valence-corrected chi connectivity index (χ1v) is 9.30. The highest BCUT2D eigenvalue weighted by molar-refractivity contribution is 5.92. The number of hydrogen-bond acceptors (Lipinski definition) is 7. The monoisotopic (exact) mass is 414 g/mol. The van der Waals surface area contributed by atoms with Crippen molar-refractivity contribution in [1.29, 1.82) is 0 Å². The lowest BCUT2D eigenvalue weighted by atomic mass is 10.2. The minimum Gasteiger partial charge on any atom is -0.484 e. The predicted octanol–water partition coefficient (Wildman–Crippen LogP) is 2.02. The van der Waals surface area contributed by atoms with Gasteiger partial charge in [-0.1, -0.05) is 5.16 Å². The third-order valence-electron chi connectivity index (χ3n) is 4.52. The topological polar surface area (TPSA) is 110 Å². The summed E-state index contributed by atoms with van der Waals surface area (Å²) in [4.78, 5) is 27.5. The van der Waals surface area contributed by atoms with Crippen LogP contribution in [0.1, 0.15) is 0 Å². The molecule has 2 aromatic carbocycles. The van der Waals surface area contributed by atoms with Gasteiger partial charge >= 0.3 is 5.76 Å². The van der Waals surface area contributed by atoms with Gasteiger partial charge in [0.05, 0.1) is 18.9 Å². The molecule has 1 saturated heterocycles. The van der Waals surface area contributed by atoms with Crippen molar-refractivity contribution in [2.75, 3.05) is 43.1 Å². The fourth-order valence-corrected chi connectivity index (χ4v) is 3.05. The summed E-state index contributed by atoms with van der Waals surface area (Å²) in [6.07, 6.45) is 0. The summed E-state index contributed by atoms with van der Waals surface area (Å²) >= 11 is 0. The number of nitrogens with one attached hydrogen (secondary N) is 2. The first-order valence-electron chi connectivity index (χ1n) is 9.30. The lowest BCUT2D eigenvalue weighted by molar-refractivity contribution is -0.118. The molecule has 2 N–H and O–H groups in total. The van der Waals surface area contributed by atoms with Gasteiger partial charge in [-0.15, -0.1) is 0 Å². The van der Waals surface area contributed by atoms with Crippen molar-refractivity contribution in [3.63, 3.8) is 0 Å². The van der Waals surface area contributed by atoms with E-state index in [1.54, 1.807) is 36.4 Å². The maximum Gasteiger partial charge on any atom is 0.439 e. The normalized spacial score (nSPS) is 13.8. The molecule has 10 heteroatoms. The minimum absolute atomic E-state index is 0.243. The number of aromatic amines is 1. The average Bonchev–Trinajstić information content (AvgIpc) is 3.20. The van der Waals surface area contributed by atoms with Gasteiger partial charge in [-0.2, -0.15) is 0 Å². The van der Waals surface area contributed by atoms with Crippen LogP contribution in [0.2, 0.25) is 0 Å². The van der Waals surface area contributed by atoms with Crippen LogP contribution in [0.5, 0.6) is 5.75 Å². The molecule has 0 unspecified atom stereocenters. The van der Waals surface area contributed by atoms with E-state index >= 15 is 0 Å². The number of halogens is 1. The Morgan fingerprint density at radius 2 is 1.97 bits per heavy atom. The third-order valence-corrected chi connectivity index (χ3v) is 4.52. The van der Waals surface area contributed by atoms with Crippen molar-refractivity contribution in [2.24, 2.45) is 0 Å². The third kappa shape index (κ3) is 4.66. The number of nitrogens with zero attached hydrogens (tertiary/aromatic N) is 2. The first-order chi connectivity index (χ1) is 14.6. The highest BCUT2D eigenvalue weighted by Crippen LogP contribution is 2.24. The van der Waals surface area contributed by atoms with E-state index < -0.39 is 17.5 Å². The summed E-state index contributed by atoms with van der Waals surface area (Å²) in [6, 6.07) is 11.2. The number of H-pyrrole nitrogens is 1. The number of ether oxygens (including phenoxy) is 2. The molecule has 0 spiro atoms. The van der Waals surface area contributed by atoms with Gasteiger partial charge in [-0.3, -0.25) is 14.3 Å². The molecule has 3 aromatic rings. The second-order valence-corrected chi connectivity index (χ2v) is 6.57. The standard InChI is InChI=1S/C20H19FN4O5/c21-16-11-14(3-6-17(16)25-7-9-28-10-8-25)22-18(26)12-29-15-4-1-13(2-5-15)19-23-20(27)30-24-19/h1-6,11H,7-10,12H2,(H,22,26)(H,23,24,27). The Balaban J connectivity index is 1.31. The Hall–Kier alpha value is -3.66. The largest absolute Gasteiger partial charge is 0.484 e. The summed E-state index contributed by atoms with van der Waals surface area (Å²) in [5.41, 5.74) is 1.47. The van der Waals surface area contributed by atoms with E-state index in [2.05, 4.69) is 20.0 Å². The molecule has 1 aromatic heterocycles. The van der Waals surface area contributed by atoms with E-state index in [0.717, 1.165) is 0 Å². The summed E-state index contributed by atoms with van der Waals surface area (Å²) < 4.78 is 29.6. The molecule has 1 aliphatic rings. The zero-order valence-corrected chi connectivity index (χ0v) is 15.9. The minimum atomic E-state index is -0.642. The van der Waals surface area contributed by atoms with Crippen molar-refractivity contribution in [3.8, 4) is 17.1 Å². The SMILES string of the molecule is O=C(COc1ccc(-c2noc(=O)[nH]2)cc1)Nc1ccc(N2CCOCC2)c(F)c1. The molecule has 4 rings (SSSR count). The molecule has 156 valence electrons. The molecule has 0 radical (unpaired) electrons. The smallest absolute Gasteiger partial charge is 0.439 e. The predicted molar refractivity (Wildman–Crippen MR) is 106 cm³/mol. The molecule has 0 bridgehead atoms. The molecule has 2 heterocycles. The lowest BCUT2D eigenvalue weighted by Gasteiger charge is -2.29. The summed E-state index contributed by atoms with van der Waals surface area (Å²) in [7, 11) is 0. The van der Waals surface area contributed by atoms with Gasteiger partial charge in [0, 0.05) is 24.3 Å². The summed E-state index contributed by atoms with van der Waals surface area (Å²) in [5, 5.41) is 6.21. The first kappa shape index (κ1) is 19.6. The van der Waals surface area contributed by atoms with Gasteiger partial charge in [-0.25, -0.2) is 9.18 Å². The van der Waals surface area contributed by atoms with Crippen LogP contribution < -0.4 is 20.7 Å². The number of hydrogen-bond donors (Lipinski definition) is 2. The summed E-state index contributed by atoms with van der Waals surface area (Å²) in [5.74, 6) is -0.715. The Kier molecular flexibility index (Phi) is 5.75. The van der Waals surface area contributed by atoms with Crippen LogP contribution in [0.4, 0.5) is 15.8 Å². The van der Waals surface area contributed by atoms with Crippen LogP contribution in [-0.2, 0) is 9.53 Å². The number of amides is 1. The molecule has 1 fully saturated rings. The van der Waals surface area contributed by atoms with Crippen LogP contribution in [0.3, 0.4) is 0 Å². The van der Waals surface area contributed by atoms with Gasteiger partial charge in [0.2, 0.25) is 0 Å². The van der Waals surface area contributed by atoms with E-state index in [4.69, 9.17) is 9.47 Å². The van der Waals surface area contributed by atoms with E-state index in [1.807, 2.05) is 4.90 Å². The molecule has 0 saturated carbocycles. The highest BCUT2D eigenvalue weighted by Gasteiger charge is 2.16. The van der Waals surface area contributed by atoms with Crippen LogP contribution >= 0.6 is 0 Å². The number of aromatic nitrogens is 2. The lowest BCUT2D eigenvalue weighted by Crippen LogP contribution is -2.36. The molecular weight excluding hydrogens is 395 g/mol. The van der Waals surface area contributed by atoms with Crippen LogP contribution in [0.15, 0.2) is 51.8 Å². The molecule has 9 nitrogen and oxygen atoms in total.